The summed E-state index contributed by atoms with van der Waals surface area (Å²) in [4.78, 5) is 6.79. The summed E-state index contributed by atoms with van der Waals surface area (Å²) in [7, 11) is 0. The lowest BCUT2D eigenvalue weighted by molar-refractivity contribution is 0.148. The molecule has 2 heterocycles. The van der Waals surface area contributed by atoms with Gasteiger partial charge in [-0.1, -0.05) is 25.4 Å². The average Bonchev–Trinajstić information content (AvgIpc) is 2.77. The third-order valence-electron chi connectivity index (χ3n) is 3.37. The number of aryl methyl sites for hydroxylation is 1. The Balaban J connectivity index is 1.88. The summed E-state index contributed by atoms with van der Waals surface area (Å²) < 4.78 is 5.22. The van der Waals surface area contributed by atoms with Crippen LogP contribution in [0.25, 0.3) is 0 Å². The van der Waals surface area contributed by atoms with Crippen LogP contribution in [0.3, 0.4) is 0 Å². The van der Waals surface area contributed by atoms with Crippen LogP contribution < -0.4 is 0 Å². The summed E-state index contributed by atoms with van der Waals surface area (Å²) in [6.45, 7) is 7.49. The summed E-state index contributed by atoms with van der Waals surface area (Å²) in [6.07, 6.45) is 4.80. The molecular weight excluding hydrogens is 202 g/mol. The van der Waals surface area contributed by atoms with E-state index in [0.29, 0.717) is 0 Å². The van der Waals surface area contributed by atoms with Gasteiger partial charge < -0.3 is 4.52 Å². The predicted molar refractivity (Wildman–Crippen MR) is 62.0 cm³/mol. The maximum atomic E-state index is 5.22. The third kappa shape index (κ3) is 2.82. The molecule has 1 fully saturated rings. The largest absolute Gasteiger partial charge is 0.338 e. The maximum absolute atomic E-state index is 5.22. The van der Waals surface area contributed by atoms with E-state index in [1.165, 1.54) is 32.4 Å². The van der Waals surface area contributed by atoms with E-state index in [-0.39, 0.29) is 0 Å². The molecule has 4 nitrogen and oxygen atoms in total. The van der Waals surface area contributed by atoms with Gasteiger partial charge in [0.25, 0.3) is 0 Å². The van der Waals surface area contributed by atoms with Gasteiger partial charge in [-0.3, -0.25) is 4.90 Å². The minimum atomic E-state index is 0.772. The highest BCUT2D eigenvalue weighted by Gasteiger charge is 2.20. The first-order valence-corrected chi connectivity index (χ1v) is 6.35. The second-order valence-electron chi connectivity index (χ2n) is 4.61. The molecule has 16 heavy (non-hydrogen) atoms. The number of aromatic nitrogens is 2. The monoisotopic (exact) mass is 223 g/mol. The zero-order valence-electron chi connectivity index (χ0n) is 10.3. The molecule has 0 aromatic carbocycles. The van der Waals surface area contributed by atoms with Crippen molar-refractivity contribution >= 4 is 0 Å². The molecule has 1 saturated heterocycles. The van der Waals surface area contributed by atoms with Gasteiger partial charge >= 0.3 is 0 Å². The molecule has 1 aromatic heterocycles. The van der Waals surface area contributed by atoms with Gasteiger partial charge in [0.1, 0.15) is 0 Å². The van der Waals surface area contributed by atoms with Crippen molar-refractivity contribution < 1.29 is 4.52 Å². The van der Waals surface area contributed by atoms with Crippen LogP contribution in [0.2, 0.25) is 0 Å². The van der Waals surface area contributed by atoms with Gasteiger partial charge in [0.2, 0.25) is 5.89 Å². The Bertz CT molecular complexity index is 324. The number of piperidine rings is 1. The van der Waals surface area contributed by atoms with Crippen LogP contribution >= 0.6 is 0 Å². The molecule has 0 aliphatic carbocycles. The fourth-order valence-corrected chi connectivity index (χ4v) is 2.32. The maximum Gasteiger partial charge on any atom is 0.240 e. The van der Waals surface area contributed by atoms with Crippen LogP contribution in [0.15, 0.2) is 4.52 Å². The Morgan fingerprint density at radius 3 is 3.00 bits per heavy atom. The van der Waals surface area contributed by atoms with Crippen molar-refractivity contribution in [2.75, 3.05) is 13.1 Å². The molecule has 0 spiro atoms. The molecule has 4 heteroatoms. The molecule has 1 aliphatic heterocycles. The fraction of sp³-hybridized carbons (Fsp3) is 0.833. The van der Waals surface area contributed by atoms with Crippen LogP contribution in [0.5, 0.6) is 0 Å². The number of likely N-dealkylation sites (tertiary alicyclic amines) is 1. The summed E-state index contributed by atoms with van der Waals surface area (Å²) in [5, 5.41) is 3.93. The zero-order chi connectivity index (χ0) is 11.4. The second kappa shape index (κ2) is 5.43. The minimum absolute atomic E-state index is 0.772. The molecule has 0 radical (unpaired) electrons. The predicted octanol–water partition coefficient (Wildman–Crippen LogP) is 2.25. The van der Waals surface area contributed by atoms with Gasteiger partial charge in [-0.25, -0.2) is 0 Å². The first-order chi connectivity index (χ1) is 7.81. The second-order valence-corrected chi connectivity index (χ2v) is 4.61. The summed E-state index contributed by atoms with van der Waals surface area (Å²) in [5.41, 5.74) is 0. The SMILES string of the molecule is CCc1noc(CN2CCCC(CC)C2)n1. The molecule has 1 aromatic rings. The molecule has 2 rings (SSSR count). The van der Waals surface area contributed by atoms with Crippen LogP contribution in [-0.4, -0.2) is 28.1 Å². The first kappa shape index (κ1) is 11.6. The molecule has 1 unspecified atom stereocenters. The molecule has 0 amide bonds. The average molecular weight is 223 g/mol. The van der Waals surface area contributed by atoms with Crippen molar-refractivity contribution in [2.24, 2.45) is 5.92 Å². The molecule has 1 aliphatic rings. The van der Waals surface area contributed by atoms with Crippen molar-refractivity contribution in [1.82, 2.24) is 15.0 Å². The van der Waals surface area contributed by atoms with E-state index in [1.807, 2.05) is 6.92 Å². The normalized spacial score (nSPS) is 22.5. The summed E-state index contributed by atoms with van der Waals surface area (Å²) in [6, 6.07) is 0. The van der Waals surface area contributed by atoms with Crippen molar-refractivity contribution in [3.8, 4) is 0 Å². The molecule has 90 valence electrons. The number of hydrogen-bond acceptors (Lipinski definition) is 4. The molecular formula is C12H21N3O. The highest BCUT2D eigenvalue weighted by atomic mass is 16.5. The van der Waals surface area contributed by atoms with Crippen LogP contribution in [0.1, 0.15) is 44.8 Å². The quantitative estimate of drug-likeness (QED) is 0.785. The van der Waals surface area contributed by atoms with Crippen LogP contribution in [0.4, 0.5) is 0 Å². The van der Waals surface area contributed by atoms with Crippen molar-refractivity contribution in [3.05, 3.63) is 11.7 Å². The topological polar surface area (TPSA) is 42.2 Å². The number of rotatable bonds is 4. The molecule has 0 N–H and O–H groups in total. The van der Waals surface area contributed by atoms with Gasteiger partial charge in [0.15, 0.2) is 5.82 Å². The van der Waals surface area contributed by atoms with Crippen LogP contribution in [0, 0.1) is 5.92 Å². The number of nitrogens with zero attached hydrogens (tertiary/aromatic N) is 3. The van der Waals surface area contributed by atoms with Crippen molar-refractivity contribution in [2.45, 2.75) is 46.1 Å². The molecule has 1 atom stereocenters. The van der Waals surface area contributed by atoms with Gasteiger partial charge in [-0.05, 0) is 25.3 Å². The highest BCUT2D eigenvalue weighted by molar-refractivity contribution is 4.86. The van der Waals surface area contributed by atoms with E-state index in [4.69, 9.17) is 4.52 Å². The van der Waals surface area contributed by atoms with Crippen LogP contribution in [-0.2, 0) is 13.0 Å². The standard InChI is InChI=1S/C12H21N3O/c1-3-10-6-5-7-15(8-10)9-12-13-11(4-2)14-16-12/h10H,3-9H2,1-2H3. The van der Waals surface area contributed by atoms with E-state index in [1.54, 1.807) is 0 Å². The van der Waals surface area contributed by atoms with E-state index >= 15 is 0 Å². The Kier molecular flexibility index (Phi) is 3.93. The van der Waals surface area contributed by atoms with Crippen molar-refractivity contribution in [3.63, 3.8) is 0 Å². The smallest absolute Gasteiger partial charge is 0.240 e. The highest BCUT2D eigenvalue weighted by Crippen LogP contribution is 2.20. The van der Waals surface area contributed by atoms with E-state index in [9.17, 15) is 0 Å². The lowest BCUT2D eigenvalue weighted by Gasteiger charge is -2.30. The Morgan fingerprint density at radius 2 is 2.31 bits per heavy atom. The summed E-state index contributed by atoms with van der Waals surface area (Å²) in [5.74, 6) is 2.44. The van der Waals surface area contributed by atoms with Gasteiger partial charge in [0.05, 0.1) is 6.54 Å². The van der Waals surface area contributed by atoms with Gasteiger partial charge in [-0.2, -0.15) is 4.98 Å². The molecule has 0 bridgehead atoms. The van der Waals surface area contributed by atoms with Gasteiger partial charge in [0, 0.05) is 13.0 Å². The van der Waals surface area contributed by atoms with E-state index in [0.717, 1.165) is 30.6 Å². The summed E-state index contributed by atoms with van der Waals surface area (Å²) >= 11 is 0. The van der Waals surface area contributed by atoms with E-state index in [2.05, 4.69) is 22.0 Å². The number of hydrogen-bond donors (Lipinski definition) is 0. The lowest BCUT2D eigenvalue weighted by Crippen LogP contribution is -2.34. The third-order valence-corrected chi connectivity index (χ3v) is 3.37. The van der Waals surface area contributed by atoms with E-state index < -0.39 is 0 Å². The Morgan fingerprint density at radius 1 is 1.44 bits per heavy atom. The van der Waals surface area contributed by atoms with Crippen molar-refractivity contribution in [1.29, 1.82) is 0 Å². The minimum Gasteiger partial charge on any atom is -0.338 e. The molecule has 0 saturated carbocycles. The Hall–Kier alpha value is -0.900. The first-order valence-electron chi connectivity index (χ1n) is 6.35. The Labute approximate surface area is 97.0 Å². The van der Waals surface area contributed by atoms with Gasteiger partial charge in [-0.15, -0.1) is 0 Å². The fourth-order valence-electron chi connectivity index (χ4n) is 2.32. The zero-order valence-corrected chi connectivity index (χ0v) is 10.3. The lowest BCUT2D eigenvalue weighted by atomic mass is 9.96.